The molecule has 0 aromatic carbocycles. The van der Waals surface area contributed by atoms with Gasteiger partial charge < -0.3 is 131 Å². The molecule has 6 saturated heterocycles. The summed E-state index contributed by atoms with van der Waals surface area (Å²) >= 11 is 0. The van der Waals surface area contributed by atoms with Crippen LogP contribution < -0.4 is 0 Å². The van der Waals surface area contributed by atoms with Gasteiger partial charge in [-0.2, -0.15) is 0 Å². The first-order valence-corrected chi connectivity index (χ1v) is 30.0. The Balaban J connectivity index is 0.000000516. The Kier molecular flexibility index (Phi) is 32.0. The van der Waals surface area contributed by atoms with Gasteiger partial charge in [0.15, 0.2) is 0 Å². The van der Waals surface area contributed by atoms with Crippen LogP contribution in [-0.2, 0) is 28.4 Å². The Labute approximate surface area is 510 Å². The van der Waals surface area contributed by atoms with Crippen LogP contribution >= 0.6 is 0 Å². The van der Waals surface area contributed by atoms with E-state index in [2.05, 4.69) is 0 Å². The van der Waals surface area contributed by atoms with Gasteiger partial charge in [-0.1, -0.05) is 125 Å². The molecule has 0 radical (unpaired) electrons. The maximum Gasteiger partial charge on any atom is 0.111 e. The van der Waals surface area contributed by atoms with Crippen molar-refractivity contribution in [2.24, 2.45) is 32.5 Å². The molecule has 86 heavy (non-hydrogen) atoms. The van der Waals surface area contributed by atoms with E-state index in [0.29, 0.717) is 6.42 Å². The average molecular weight is 1260 g/mol. The average Bonchev–Trinajstić information content (AvgIpc) is 2.96. The third-order valence-electron chi connectivity index (χ3n) is 16.2. The minimum absolute atomic E-state index is 0.0756. The van der Waals surface area contributed by atoms with E-state index in [1.165, 1.54) is 0 Å². The summed E-state index contributed by atoms with van der Waals surface area (Å²) < 4.78 is 32.7. The SMILES string of the molecule is CC(C)(C)C1OC(CO)[C@H](O)C(O)[C@@H]1O.CC(C)(C)[C@@H]1OC(CO)[C@@H](O)C(O)[C@@H]1O.CC(C)(C)[C@H]1OC(CO)[C@@H](O)C(O)[C@@H]1O.CC1O[C@@H](C(C)(C)C)[C@@H](O)C(O)[C@@H]1O.CC1O[C@@H](C(C)(C)C)[C@@H](O)C(O)[C@H]1O.CC1O[C@@H](C(C)(C)C)[C@@H](O)C[C@H]1O. The molecule has 0 saturated carbocycles. The molecule has 6 rings (SSSR count). The Morgan fingerprint density at radius 2 is 0.419 bits per heavy atom. The number of hydrogen-bond donors (Lipinski definition) is 20. The molecular formula is C60H120O26. The highest BCUT2D eigenvalue weighted by atomic mass is 16.6. The van der Waals surface area contributed by atoms with Crippen molar-refractivity contribution in [3.05, 3.63) is 0 Å². The molecule has 6 heterocycles. The fraction of sp³-hybridized carbons (Fsp3) is 1.00. The number of aliphatic hydroxyl groups excluding tert-OH is 20. The molecular weight excluding hydrogens is 1140 g/mol. The zero-order chi connectivity index (χ0) is 67.8. The second-order valence-electron chi connectivity index (χ2n) is 30.5. The standard InChI is InChI=1S/3C10H20O5.2C10H20O4.C10H20O3/c3*1-10(2,3)9-8(14)7(13)6(12)5(4-11)15-9;2*1-5-6(11)7(12)8(13)9(14-5)10(2,3)4;1-6-7(11)5-8(12)9(13-6)10(2,3)4/h3*5-9,11-14H,4H2,1-3H3;2*5-9,11-13H,1-4H3;6-9,11-12H,5H2,1-4H3/t5?,6-,7?,8+,9+;5?,6-,7?,8+,9-;5?,6-,7?,8-,9?;5?,6-,7?,8+,9-;5?,6-,7?,8-,9+;6?,7-,8+,9-/m110101/s1. The lowest BCUT2D eigenvalue weighted by Crippen LogP contribution is -2.61. The molecule has 6 fully saturated rings. The van der Waals surface area contributed by atoms with Gasteiger partial charge in [0.05, 0.1) is 87.0 Å². The fourth-order valence-corrected chi connectivity index (χ4v) is 10.7. The number of rotatable bonds is 3. The van der Waals surface area contributed by atoms with Crippen LogP contribution in [0.1, 0.15) is 152 Å². The summed E-state index contributed by atoms with van der Waals surface area (Å²) in [5.41, 5.74) is -1.69. The van der Waals surface area contributed by atoms with Crippen LogP contribution in [0.4, 0.5) is 0 Å². The molecule has 6 aliphatic rings. The lowest BCUT2D eigenvalue weighted by atomic mass is 9.80. The van der Waals surface area contributed by atoms with Crippen molar-refractivity contribution in [2.45, 2.75) is 329 Å². The van der Waals surface area contributed by atoms with Crippen molar-refractivity contribution in [1.82, 2.24) is 0 Å². The van der Waals surface area contributed by atoms with E-state index >= 15 is 0 Å². The van der Waals surface area contributed by atoms with Gasteiger partial charge in [-0.05, 0) is 53.3 Å². The molecule has 0 amide bonds. The summed E-state index contributed by atoms with van der Waals surface area (Å²) in [5, 5.41) is 190. The van der Waals surface area contributed by atoms with Gasteiger partial charge in [0.1, 0.15) is 110 Å². The summed E-state index contributed by atoms with van der Waals surface area (Å²) in [4.78, 5) is 0. The van der Waals surface area contributed by atoms with E-state index in [0.717, 1.165) is 0 Å². The van der Waals surface area contributed by atoms with E-state index in [-0.39, 0.29) is 64.5 Å². The van der Waals surface area contributed by atoms with E-state index in [1.807, 2.05) is 132 Å². The van der Waals surface area contributed by atoms with Crippen molar-refractivity contribution in [2.75, 3.05) is 19.8 Å². The summed E-state index contributed by atoms with van der Waals surface area (Å²) in [6.45, 7) is 38.5. The van der Waals surface area contributed by atoms with Crippen LogP contribution in [-0.4, -0.2) is 299 Å². The molecule has 0 spiro atoms. The van der Waals surface area contributed by atoms with Gasteiger partial charge in [-0.25, -0.2) is 0 Å². The first-order chi connectivity index (χ1) is 38.7. The largest absolute Gasteiger partial charge is 0.394 e. The zero-order valence-electron chi connectivity index (χ0n) is 55.0. The van der Waals surface area contributed by atoms with Crippen molar-refractivity contribution >= 4 is 0 Å². The van der Waals surface area contributed by atoms with Crippen molar-refractivity contribution < 1.29 is 131 Å². The highest BCUT2D eigenvalue weighted by Gasteiger charge is 2.52. The predicted molar refractivity (Wildman–Crippen MR) is 314 cm³/mol. The lowest BCUT2D eigenvalue weighted by Gasteiger charge is -2.45. The Hall–Kier alpha value is -1.04. The molecule has 20 N–H and O–H groups in total. The first kappa shape index (κ1) is 83.0. The highest BCUT2D eigenvalue weighted by molar-refractivity contribution is 5.00. The van der Waals surface area contributed by atoms with E-state index in [9.17, 15) is 86.8 Å². The van der Waals surface area contributed by atoms with E-state index < -0.39 is 165 Å². The smallest absolute Gasteiger partial charge is 0.111 e. The maximum atomic E-state index is 9.74. The molecule has 0 aromatic heterocycles. The summed E-state index contributed by atoms with van der Waals surface area (Å²) in [7, 11) is 0. The minimum Gasteiger partial charge on any atom is -0.394 e. The van der Waals surface area contributed by atoms with Gasteiger partial charge in [0.25, 0.3) is 0 Å². The fourth-order valence-electron chi connectivity index (χ4n) is 10.7. The molecule has 26 nitrogen and oxygen atoms in total. The second-order valence-corrected chi connectivity index (χ2v) is 30.5. The van der Waals surface area contributed by atoms with Gasteiger partial charge >= 0.3 is 0 Å². The molecule has 6 aliphatic heterocycles. The minimum atomic E-state index is -1.28. The van der Waals surface area contributed by atoms with E-state index in [4.69, 9.17) is 43.7 Å². The van der Waals surface area contributed by atoms with Crippen LogP contribution in [0.15, 0.2) is 0 Å². The number of ether oxygens (including phenoxy) is 6. The monoisotopic (exact) mass is 1260 g/mol. The lowest BCUT2D eigenvalue weighted by molar-refractivity contribution is -0.250. The zero-order valence-corrected chi connectivity index (χ0v) is 55.0. The number of hydrogen-bond acceptors (Lipinski definition) is 26. The molecule has 0 aromatic rings. The van der Waals surface area contributed by atoms with Crippen molar-refractivity contribution in [1.29, 1.82) is 0 Å². The molecule has 0 aliphatic carbocycles. The third kappa shape index (κ3) is 22.6. The second kappa shape index (κ2) is 33.2. The van der Waals surface area contributed by atoms with Gasteiger partial charge in [0, 0.05) is 6.42 Å². The topological polar surface area (TPSA) is 460 Å². The summed E-state index contributed by atoms with van der Waals surface area (Å²) in [6.07, 6.45) is -24.4. The summed E-state index contributed by atoms with van der Waals surface area (Å²) in [6, 6.07) is 0. The van der Waals surface area contributed by atoms with Crippen molar-refractivity contribution in [3.8, 4) is 0 Å². The Morgan fingerprint density at radius 1 is 0.233 bits per heavy atom. The Bertz CT molecular complexity index is 1740. The molecule has 29 atom stereocenters. The molecule has 516 valence electrons. The van der Waals surface area contributed by atoms with Crippen LogP contribution in [0.25, 0.3) is 0 Å². The Morgan fingerprint density at radius 3 is 0.616 bits per heavy atom. The third-order valence-corrected chi connectivity index (χ3v) is 16.2. The molecule has 0 bridgehead atoms. The molecule has 26 heteroatoms. The van der Waals surface area contributed by atoms with Crippen LogP contribution in [0, 0.1) is 32.5 Å². The van der Waals surface area contributed by atoms with Crippen LogP contribution in [0.5, 0.6) is 0 Å². The van der Waals surface area contributed by atoms with Gasteiger partial charge in [-0.15, -0.1) is 0 Å². The normalized spacial score (nSPS) is 43.6. The van der Waals surface area contributed by atoms with Crippen molar-refractivity contribution in [3.63, 3.8) is 0 Å². The van der Waals surface area contributed by atoms with Gasteiger partial charge in [-0.3, -0.25) is 0 Å². The molecule has 12 unspecified atom stereocenters. The quantitative estimate of drug-likeness (QED) is 0.137. The summed E-state index contributed by atoms with van der Waals surface area (Å²) in [5.74, 6) is 0. The first-order valence-electron chi connectivity index (χ1n) is 30.0. The number of aliphatic hydroxyl groups is 20. The maximum absolute atomic E-state index is 9.74. The van der Waals surface area contributed by atoms with Gasteiger partial charge in [0.2, 0.25) is 0 Å². The van der Waals surface area contributed by atoms with Crippen LogP contribution in [0.2, 0.25) is 0 Å². The highest BCUT2D eigenvalue weighted by Crippen LogP contribution is 2.38. The van der Waals surface area contributed by atoms with Crippen LogP contribution in [0.3, 0.4) is 0 Å². The predicted octanol–water partition coefficient (Wildman–Crippen LogP) is -2.64. The van der Waals surface area contributed by atoms with E-state index in [1.54, 1.807) is 13.8 Å².